The van der Waals surface area contributed by atoms with Gasteiger partial charge in [-0.2, -0.15) is 0 Å². The van der Waals surface area contributed by atoms with Gasteiger partial charge in [-0.1, -0.05) is 0 Å². The normalized spacial score (nSPS) is 24.6. The Morgan fingerprint density at radius 1 is 1.20 bits per heavy atom. The summed E-state index contributed by atoms with van der Waals surface area (Å²) in [5.74, 6) is -0.505. The van der Waals surface area contributed by atoms with Crippen molar-refractivity contribution in [3.05, 3.63) is 30.3 Å². The Bertz CT molecular complexity index is 655. The van der Waals surface area contributed by atoms with Crippen LogP contribution in [-0.4, -0.2) is 55.5 Å². The second kappa shape index (κ2) is 7.67. The molecule has 0 heterocycles. The second-order valence-corrected chi connectivity index (χ2v) is 18.7. The second-order valence-electron chi connectivity index (χ2n) is 7.31. The Hall–Kier alpha value is -0.424. The molecule has 140 valence electrons. The van der Waals surface area contributed by atoms with Crippen molar-refractivity contribution < 1.29 is 23.1 Å². The van der Waals surface area contributed by atoms with Crippen molar-refractivity contribution in [3.63, 3.8) is 0 Å². The van der Waals surface area contributed by atoms with Crippen molar-refractivity contribution in [2.24, 2.45) is 5.92 Å². The van der Waals surface area contributed by atoms with Crippen LogP contribution in [0.3, 0.4) is 0 Å². The van der Waals surface area contributed by atoms with Crippen LogP contribution in [0.25, 0.3) is 0 Å². The Balaban J connectivity index is 2.41. The van der Waals surface area contributed by atoms with Crippen LogP contribution in [0.2, 0.25) is 24.1 Å². The first-order valence-electron chi connectivity index (χ1n) is 8.18. The first-order chi connectivity index (χ1) is 11.7. The molecule has 0 bridgehead atoms. The van der Waals surface area contributed by atoms with Gasteiger partial charge in [0.25, 0.3) is 0 Å². The molecule has 1 aromatic carbocycles. The molecule has 0 spiro atoms. The Kier molecular flexibility index (Phi) is 6.41. The molecule has 25 heavy (non-hydrogen) atoms. The van der Waals surface area contributed by atoms with Crippen LogP contribution >= 0.6 is 7.60 Å². The van der Waals surface area contributed by atoms with Crippen LogP contribution in [0.5, 0.6) is 0 Å². The number of benzene rings is 1. The Labute approximate surface area is 157 Å². The summed E-state index contributed by atoms with van der Waals surface area (Å²) in [7, 11) is -1.18. The maximum atomic E-state index is 13.2. The summed E-state index contributed by atoms with van der Waals surface area (Å²) in [6, 6.07) is 10.3. The fraction of sp³-hybridized carbons (Fsp3) is 0.588. The van der Waals surface area contributed by atoms with Gasteiger partial charge in [-0.15, -0.1) is 0 Å². The van der Waals surface area contributed by atoms with E-state index in [9.17, 15) is 9.36 Å². The monoisotopic (exact) mass is 450 g/mol. The SMILES string of the molecule is COC(=O)[C@@]1(P(=O)(OC)OC)C[C@H]1C([Se]c1ccccc1)[Si](C)(C)C. The average Bonchev–Trinajstić information content (AvgIpc) is 3.35. The Morgan fingerprint density at radius 2 is 1.76 bits per heavy atom. The first kappa shape index (κ1) is 20.9. The summed E-state index contributed by atoms with van der Waals surface area (Å²) in [4.78, 5) is 12.6. The summed E-state index contributed by atoms with van der Waals surface area (Å²) in [5.41, 5.74) is 0. The number of methoxy groups -OCH3 is 1. The number of ether oxygens (including phenoxy) is 1. The third-order valence-corrected chi connectivity index (χ3v) is 16.9. The van der Waals surface area contributed by atoms with Crippen LogP contribution in [-0.2, 0) is 23.1 Å². The molecule has 0 radical (unpaired) electrons. The van der Waals surface area contributed by atoms with Gasteiger partial charge >= 0.3 is 157 Å². The summed E-state index contributed by atoms with van der Waals surface area (Å²) >= 11 is 0.179. The molecule has 0 N–H and O–H groups in total. The van der Waals surface area contributed by atoms with Crippen molar-refractivity contribution in [2.45, 2.75) is 35.7 Å². The number of carbonyl (C=O) groups is 1. The maximum absolute atomic E-state index is 13.2. The average molecular weight is 449 g/mol. The van der Waals surface area contributed by atoms with E-state index in [1.54, 1.807) is 0 Å². The molecule has 0 amide bonds. The van der Waals surface area contributed by atoms with Crippen LogP contribution < -0.4 is 4.46 Å². The molecule has 1 aliphatic rings. The van der Waals surface area contributed by atoms with E-state index in [-0.39, 0.29) is 20.9 Å². The van der Waals surface area contributed by atoms with Gasteiger partial charge in [0, 0.05) is 0 Å². The van der Waals surface area contributed by atoms with E-state index in [0.717, 1.165) is 0 Å². The quantitative estimate of drug-likeness (QED) is 0.347. The van der Waals surface area contributed by atoms with Gasteiger partial charge in [0.2, 0.25) is 0 Å². The third-order valence-electron chi connectivity index (χ3n) is 4.72. The fourth-order valence-electron chi connectivity index (χ4n) is 3.38. The third kappa shape index (κ3) is 3.82. The molecule has 1 aliphatic carbocycles. The summed E-state index contributed by atoms with van der Waals surface area (Å²) in [6.45, 7) is 6.90. The van der Waals surface area contributed by atoms with E-state index in [1.165, 1.54) is 25.8 Å². The van der Waals surface area contributed by atoms with Crippen LogP contribution in [0, 0.1) is 5.92 Å². The summed E-state index contributed by atoms with van der Waals surface area (Å²) < 4.78 is 30.3. The van der Waals surface area contributed by atoms with E-state index in [0.29, 0.717) is 10.9 Å². The zero-order valence-corrected chi connectivity index (χ0v) is 19.3. The zero-order valence-electron chi connectivity index (χ0n) is 15.6. The van der Waals surface area contributed by atoms with Gasteiger partial charge in [-0.25, -0.2) is 0 Å². The number of hydrogen-bond donors (Lipinski definition) is 0. The predicted octanol–water partition coefficient (Wildman–Crippen LogP) is 3.10. The molecule has 1 fully saturated rings. The standard InChI is InChI=1S/C17H27O5PSeSi/c1-20-16(18)17(23(19,21-2)22-3)12-14(17)15(25(4,5)6)24-13-10-8-7-9-11-13/h7-11,14-15H,12H2,1-6H3/t14-,15?,17+/m0/s1. The molecule has 0 saturated heterocycles. The molecule has 0 aliphatic heterocycles. The molecule has 3 atom stereocenters. The predicted molar refractivity (Wildman–Crippen MR) is 103 cm³/mol. The van der Waals surface area contributed by atoms with Crippen molar-refractivity contribution in [2.75, 3.05) is 21.3 Å². The minimum absolute atomic E-state index is 0.0300. The first-order valence-corrected chi connectivity index (χ1v) is 15.1. The molecular formula is C17H27O5PSeSi. The van der Waals surface area contributed by atoms with E-state index < -0.39 is 26.8 Å². The molecule has 8 heteroatoms. The number of hydrogen-bond acceptors (Lipinski definition) is 5. The van der Waals surface area contributed by atoms with Gasteiger partial charge in [0.05, 0.1) is 0 Å². The zero-order chi connectivity index (χ0) is 18.9. The van der Waals surface area contributed by atoms with Crippen LogP contribution in [0.1, 0.15) is 6.42 Å². The van der Waals surface area contributed by atoms with Crippen LogP contribution in [0.4, 0.5) is 0 Å². The molecule has 5 nitrogen and oxygen atoms in total. The topological polar surface area (TPSA) is 61.8 Å². The van der Waals surface area contributed by atoms with Crippen molar-refractivity contribution in [3.8, 4) is 0 Å². The van der Waals surface area contributed by atoms with Crippen molar-refractivity contribution in [1.82, 2.24) is 0 Å². The summed E-state index contributed by atoms with van der Waals surface area (Å²) in [5, 5.41) is -1.16. The van der Waals surface area contributed by atoms with Gasteiger partial charge in [0.1, 0.15) is 0 Å². The molecular weight excluding hydrogens is 422 g/mol. The molecule has 1 aromatic rings. The van der Waals surface area contributed by atoms with Crippen molar-refractivity contribution >= 4 is 41.1 Å². The molecule has 1 unspecified atom stereocenters. The van der Waals surface area contributed by atoms with E-state index >= 15 is 0 Å². The van der Waals surface area contributed by atoms with E-state index in [2.05, 4.69) is 31.8 Å². The van der Waals surface area contributed by atoms with Gasteiger partial charge < -0.3 is 0 Å². The number of carbonyl (C=O) groups excluding carboxylic acids is 1. The molecule has 2 rings (SSSR count). The van der Waals surface area contributed by atoms with E-state index in [4.69, 9.17) is 13.8 Å². The minimum atomic E-state index is -3.57. The molecule has 0 aromatic heterocycles. The van der Waals surface area contributed by atoms with Crippen molar-refractivity contribution in [1.29, 1.82) is 0 Å². The summed E-state index contributed by atoms with van der Waals surface area (Å²) in [6.07, 6.45) is 0.502. The Morgan fingerprint density at radius 3 is 2.20 bits per heavy atom. The van der Waals surface area contributed by atoms with Gasteiger partial charge in [-0.3, -0.25) is 0 Å². The number of esters is 1. The van der Waals surface area contributed by atoms with Crippen LogP contribution in [0.15, 0.2) is 30.3 Å². The van der Waals surface area contributed by atoms with E-state index in [1.807, 2.05) is 18.2 Å². The van der Waals surface area contributed by atoms with Gasteiger partial charge in [-0.05, 0) is 0 Å². The van der Waals surface area contributed by atoms with Gasteiger partial charge in [0.15, 0.2) is 0 Å². The fourth-order valence-corrected chi connectivity index (χ4v) is 13.0. The molecule has 1 saturated carbocycles. The number of rotatable bonds is 8.